The predicted octanol–water partition coefficient (Wildman–Crippen LogP) is 1.50. The lowest BCUT2D eigenvalue weighted by atomic mass is 10.2. The molecule has 0 amide bonds. The SMILES string of the molecule is CN(Cc1ccco1)S(=O)(=O)c1ccc(O)c(C(=O)O)c1. The Labute approximate surface area is 121 Å². The van der Waals surface area contributed by atoms with Crippen molar-refractivity contribution in [3.63, 3.8) is 0 Å². The highest BCUT2D eigenvalue weighted by Gasteiger charge is 2.24. The van der Waals surface area contributed by atoms with Gasteiger partial charge in [-0.3, -0.25) is 0 Å². The topological polar surface area (TPSA) is 108 Å². The highest BCUT2D eigenvalue weighted by Crippen LogP contribution is 2.24. The largest absolute Gasteiger partial charge is 0.507 e. The first-order valence-corrected chi connectivity index (χ1v) is 7.31. The van der Waals surface area contributed by atoms with Crippen molar-refractivity contribution in [2.45, 2.75) is 11.4 Å². The molecule has 7 nitrogen and oxygen atoms in total. The van der Waals surface area contributed by atoms with Gasteiger partial charge < -0.3 is 14.6 Å². The summed E-state index contributed by atoms with van der Waals surface area (Å²) in [7, 11) is -2.54. The average Bonchev–Trinajstić information content (AvgIpc) is 2.91. The summed E-state index contributed by atoms with van der Waals surface area (Å²) in [6.07, 6.45) is 1.43. The Kier molecular flexibility index (Phi) is 4.01. The van der Waals surface area contributed by atoms with E-state index in [0.29, 0.717) is 5.76 Å². The molecule has 0 bridgehead atoms. The summed E-state index contributed by atoms with van der Waals surface area (Å²) in [5.74, 6) is -1.44. The van der Waals surface area contributed by atoms with Gasteiger partial charge in [0, 0.05) is 7.05 Å². The maximum absolute atomic E-state index is 12.4. The van der Waals surface area contributed by atoms with Gasteiger partial charge in [0.2, 0.25) is 10.0 Å². The summed E-state index contributed by atoms with van der Waals surface area (Å²) in [4.78, 5) is 10.7. The number of carboxylic acid groups (broad SMARTS) is 1. The minimum absolute atomic E-state index is 0.0125. The smallest absolute Gasteiger partial charge is 0.339 e. The van der Waals surface area contributed by atoms with Crippen molar-refractivity contribution in [3.8, 4) is 5.75 Å². The van der Waals surface area contributed by atoms with E-state index in [-0.39, 0.29) is 11.4 Å². The van der Waals surface area contributed by atoms with Gasteiger partial charge in [-0.2, -0.15) is 4.31 Å². The fourth-order valence-corrected chi connectivity index (χ4v) is 2.90. The first-order chi connectivity index (χ1) is 9.82. The Bertz CT molecular complexity index is 751. The van der Waals surface area contributed by atoms with Gasteiger partial charge in [-0.1, -0.05) is 0 Å². The van der Waals surface area contributed by atoms with E-state index >= 15 is 0 Å². The number of sulfonamides is 1. The van der Waals surface area contributed by atoms with Crippen molar-refractivity contribution in [1.29, 1.82) is 0 Å². The van der Waals surface area contributed by atoms with Gasteiger partial charge in [0.05, 0.1) is 17.7 Å². The van der Waals surface area contributed by atoms with Crippen LogP contribution in [0, 0.1) is 0 Å². The summed E-state index contributed by atoms with van der Waals surface area (Å²) in [5.41, 5.74) is -0.470. The molecule has 1 aromatic carbocycles. The highest BCUT2D eigenvalue weighted by atomic mass is 32.2. The number of hydrogen-bond donors (Lipinski definition) is 2. The van der Waals surface area contributed by atoms with Crippen molar-refractivity contribution < 1.29 is 27.8 Å². The van der Waals surface area contributed by atoms with Crippen LogP contribution in [0.25, 0.3) is 0 Å². The second-order valence-electron chi connectivity index (χ2n) is 4.32. The molecule has 0 unspecified atom stereocenters. The van der Waals surface area contributed by atoms with Crippen molar-refractivity contribution >= 4 is 16.0 Å². The monoisotopic (exact) mass is 311 g/mol. The van der Waals surface area contributed by atoms with E-state index in [1.54, 1.807) is 12.1 Å². The van der Waals surface area contributed by atoms with Crippen LogP contribution in [0.1, 0.15) is 16.1 Å². The molecule has 2 rings (SSSR count). The van der Waals surface area contributed by atoms with E-state index in [9.17, 15) is 18.3 Å². The van der Waals surface area contributed by atoms with E-state index < -0.39 is 27.3 Å². The lowest BCUT2D eigenvalue weighted by Crippen LogP contribution is -2.26. The zero-order chi connectivity index (χ0) is 15.6. The van der Waals surface area contributed by atoms with Crippen LogP contribution in [-0.2, 0) is 16.6 Å². The molecule has 0 aliphatic rings. The summed E-state index contributed by atoms with van der Waals surface area (Å²) in [5, 5.41) is 18.3. The Morgan fingerprint density at radius 1 is 1.33 bits per heavy atom. The van der Waals surface area contributed by atoms with E-state index in [1.807, 2.05) is 0 Å². The lowest BCUT2D eigenvalue weighted by Gasteiger charge is -2.16. The molecule has 2 aromatic rings. The van der Waals surface area contributed by atoms with E-state index in [0.717, 1.165) is 22.5 Å². The van der Waals surface area contributed by atoms with Gasteiger partial charge in [-0.05, 0) is 30.3 Å². The Morgan fingerprint density at radius 3 is 2.62 bits per heavy atom. The number of benzene rings is 1. The van der Waals surface area contributed by atoms with Crippen molar-refractivity contribution in [1.82, 2.24) is 4.31 Å². The van der Waals surface area contributed by atoms with E-state index in [2.05, 4.69) is 0 Å². The van der Waals surface area contributed by atoms with Gasteiger partial charge in [0.1, 0.15) is 17.1 Å². The summed E-state index contributed by atoms with van der Waals surface area (Å²) >= 11 is 0. The van der Waals surface area contributed by atoms with Crippen LogP contribution in [0.3, 0.4) is 0 Å². The molecule has 21 heavy (non-hydrogen) atoms. The van der Waals surface area contributed by atoms with Crippen LogP contribution in [-0.4, -0.2) is 36.0 Å². The first-order valence-electron chi connectivity index (χ1n) is 5.87. The molecule has 0 atom stereocenters. The quantitative estimate of drug-likeness (QED) is 0.866. The number of hydrogen-bond acceptors (Lipinski definition) is 5. The predicted molar refractivity (Wildman–Crippen MR) is 72.4 cm³/mol. The number of aromatic carboxylic acids is 1. The number of carbonyl (C=O) groups is 1. The molecule has 0 aliphatic carbocycles. The fraction of sp³-hybridized carbons (Fsp3) is 0.154. The number of nitrogens with zero attached hydrogens (tertiary/aromatic N) is 1. The third-order valence-electron chi connectivity index (χ3n) is 2.87. The van der Waals surface area contributed by atoms with Crippen molar-refractivity contribution in [2.24, 2.45) is 0 Å². The lowest BCUT2D eigenvalue weighted by molar-refractivity contribution is 0.0693. The van der Waals surface area contributed by atoms with Gasteiger partial charge in [-0.15, -0.1) is 0 Å². The van der Waals surface area contributed by atoms with Crippen LogP contribution in [0.2, 0.25) is 0 Å². The molecule has 0 fully saturated rings. The number of phenols is 1. The summed E-state index contributed by atoms with van der Waals surface area (Å²) in [6, 6.07) is 6.38. The average molecular weight is 311 g/mol. The Morgan fingerprint density at radius 2 is 2.05 bits per heavy atom. The van der Waals surface area contributed by atoms with Gasteiger partial charge in [0.15, 0.2) is 0 Å². The normalized spacial score (nSPS) is 11.7. The summed E-state index contributed by atoms with van der Waals surface area (Å²) in [6.45, 7) is 0.0125. The molecule has 1 heterocycles. The molecule has 0 spiro atoms. The number of aromatic hydroxyl groups is 1. The first kappa shape index (κ1) is 15.1. The van der Waals surface area contributed by atoms with Crippen LogP contribution < -0.4 is 0 Å². The van der Waals surface area contributed by atoms with Crippen LogP contribution in [0.5, 0.6) is 5.75 Å². The number of furan rings is 1. The maximum atomic E-state index is 12.4. The van der Waals surface area contributed by atoms with Crippen LogP contribution in [0.4, 0.5) is 0 Å². The molecular formula is C13H13NO6S. The van der Waals surface area contributed by atoms with Gasteiger partial charge in [-0.25, -0.2) is 13.2 Å². The third-order valence-corrected chi connectivity index (χ3v) is 4.66. The van der Waals surface area contributed by atoms with Gasteiger partial charge >= 0.3 is 5.97 Å². The van der Waals surface area contributed by atoms with Gasteiger partial charge in [0.25, 0.3) is 0 Å². The maximum Gasteiger partial charge on any atom is 0.339 e. The molecule has 112 valence electrons. The Balaban J connectivity index is 2.35. The van der Waals surface area contributed by atoms with Crippen LogP contribution in [0.15, 0.2) is 45.9 Å². The standard InChI is InChI=1S/C13H13NO6S/c1-14(8-9-3-2-6-20-9)21(18,19)10-4-5-12(15)11(7-10)13(16)17/h2-7,15H,8H2,1H3,(H,16,17). The summed E-state index contributed by atoms with van der Waals surface area (Å²) < 4.78 is 30.8. The molecule has 8 heteroatoms. The number of rotatable bonds is 5. The molecule has 1 aromatic heterocycles. The van der Waals surface area contributed by atoms with Crippen molar-refractivity contribution in [3.05, 3.63) is 47.9 Å². The zero-order valence-corrected chi connectivity index (χ0v) is 11.9. The minimum atomic E-state index is -3.89. The third kappa shape index (κ3) is 3.06. The van der Waals surface area contributed by atoms with Crippen molar-refractivity contribution in [2.75, 3.05) is 7.05 Å². The van der Waals surface area contributed by atoms with E-state index in [1.165, 1.54) is 13.3 Å². The second kappa shape index (κ2) is 5.58. The fourth-order valence-electron chi connectivity index (χ4n) is 1.73. The number of carboxylic acids is 1. The zero-order valence-electron chi connectivity index (χ0n) is 11.1. The minimum Gasteiger partial charge on any atom is -0.507 e. The highest BCUT2D eigenvalue weighted by molar-refractivity contribution is 7.89. The molecule has 0 saturated carbocycles. The Hall–Kier alpha value is -2.32. The molecule has 0 radical (unpaired) electrons. The molecular weight excluding hydrogens is 298 g/mol. The molecule has 0 saturated heterocycles. The van der Waals surface area contributed by atoms with E-state index in [4.69, 9.17) is 9.52 Å². The second-order valence-corrected chi connectivity index (χ2v) is 6.37. The molecule has 2 N–H and O–H groups in total. The van der Waals surface area contributed by atoms with Crippen LogP contribution >= 0.6 is 0 Å². The molecule has 0 aliphatic heterocycles.